The number of carbonyl (C=O) groups excluding carboxylic acids is 1. The summed E-state index contributed by atoms with van der Waals surface area (Å²) < 4.78 is 26.5. The number of amides is 2. The number of hydrogen-bond acceptors (Lipinski definition) is 5. The Labute approximate surface area is 173 Å². The van der Waals surface area contributed by atoms with Crippen LogP contribution in [0, 0.1) is 0 Å². The number of benzene rings is 2. The number of piperazine rings is 1. The van der Waals surface area contributed by atoms with Gasteiger partial charge in [-0.2, -0.15) is 13.6 Å². The number of rotatable bonds is 4. The molecule has 1 heterocycles. The maximum Gasteiger partial charge on any atom is 0.380 e. The first-order valence-electron chi connectivity index (χ1n) is 8.29. The number of halogens is 2. The van der Waals surface area contributed by atoms with E-state index in [1.54, 1.807) is 4.90 Å². The maximum absolute atomic E-state index is 12.5. The van der Waals surface area contributed by atoms with Crippen LogP contribution in [0.1, 0.15) is 0 Å². The quantitative estimate of drug-likeness (QED) is 0.753. The third-order valence-electron chi connectivity index (χ3n) is 4.15. The van der Waals surface area contributed by atoms with Gasteiger partial charge in [0.1, 0.15) is 0 Å². The number of carbonyl (C=O) groups is 1. The van der Waals surface area contributed by atoms with E-state index in [-0.39, 0.29) is 16.8 Å². The zero-order chi connectivity index (χ0) is 20.3. The van der Waals surface area contributed by atoms with Crippen molar-refractivity contribution in [2.45, 2.75) is 0 Å². The highest BCUT2D eigenvalue weighted by Crippen LogP contribution is 2.28. The number of nitrogens with zero attached hydrogens (tertiary/aromatic N) is 2. The molecule has 0 aliphatic carbocycles. The summed E-state index contributed by atoms with van der Waals surface area (Å²) in [7, 11) is -4.18. The molecule has 2 aromatic carbocycles. The molecule has 1 saturated heterocycles. The molecule has 150 valence electrons. The van der Waals surface area contributed by atoms with Gasteiger partial charge in [-0.25, -0.2) is 4.79 Å². The van der Waals surface area contributed by atoms with Crippen molar-refractivity contribution in [1.82, 2.24) is 4.90 Å². The Bertz CT molecular complexity index is 962. The molecule has 0 saturated carbocycles. The van der Waals surface area contributed by atoms with Gasteiger partial charge in [0.15, 0.2) is 5.75 Å². The van der Waals surface area contributed by atoms with Crippen molar-refractivity contribution in [2.24, 2.45) is 5.14 Å². The topological polar surface area (TPSA) is 105 Å². The zero-order valence-electron chi connectivity index (χ0n) is 14.6. The van der Waals surface area contributed by atoms with E-state index in [0.29, 0.717) is 36.9 Å². The lowest BCUT2D eigenvalue weighted by Crippen LogP contribution is -2.50. The first kappa shape index (κ1) is 20.5. The summed E-state index contributed by atoms with van der Waals surface area (Å²) in [6.07, 6.45) is 0. The van der Waals surface area contributed by atoms with Gasteiger partial charge >= 0.3 is 16.3 Å². The van der Waals surface area contributed by atoms with Gasteiger partial charge in [-0.3, -0.25) is 0 Å². The molecule has 0 bridgehead atoms. The minimum absolute atomic E-state index is 0.0133. The van der Waals surface area contributed by atoms with Crippen LogP contribution in [0.4, 0.5) is 16.2 Å². The van der Waals surface area contributed by atoms with E-state index < -0.39 is 10.3 Å². The smallest absolute Gasteiger partial charge is 0.369 e. The number of nitrogens with one attached hydrogen (secondary N) is 1. The van der Waals surface area contributed by atoms with Gasteiger partial charge < -0.3 is 19.3 Å². The average molecular weight is 445 g/mol. The second kappa shape index (κ2) is 8.44. The van der Waals surface area contributed by atoms with Crippen molar-refractivity contribution in [3.05, 3.63) is 52.5 Å². The first-order valence-corrected chi connectivity index (χ1v) is 10.5. The van der Waals surface area contributed by atoms with Crippen LogP contribution in [0.25, 0.3) is 0 Å². The fourth-order valence-corrected chi connectivity index (χ4v) is 3.58. The Hall–Kier alpha value is -2.20. The number of nitrogens with two attached hydrogens (primary N) is 1. The van der Waals surface area contributed by atoms with Crippen LogP contribution in [0.3, 0.4) is 0 Å². The lowest BCUT2D eigenvalue weighted by molar-refractivity contribution is 0.208. The van der Waals surface area contributed by atoms with Crippen molar-refractivity contribution in [3.63, 3.8) is 0 Å². The highest BCUT2D eigenvalue weighted by molar-refractivity contribution is 7.84. The second-order valence-corrected chi connectivity index (χ2v) is 8.10. The lowest BCUT2D eigenvalue weighted by Gasteiger charge is -2.36. The van der Waals surface area contributed by atoms with E-state index in [0.717, 1.165) is 5.69 Å². The normalized spacial score (nSPS) is 14.7. The van der Waals surface area contributed by atoms with E-state index in [2.05, 4.69) is 14.4 Å². The van der Waals surface area contributed by atoms with Gasteiger partial charge in [-0.1, -0.05) is 23.2 Å². The van der Waals surface area contributed by atoms with Crippen LogP contribution in [-0.4, -0.2) is 45.5 Å². The molecule has 0 unspecified atom stereocenters. The molecule has 0 aromatic heterocycles. The van der Waals surface area contributed by atoms with E-state index in [4.69, 9.17) is 28.3 Å². The van der Waals surface area contributed by atoms with Crippen molar-refractivity contribution >= 4 is 50.9 Å². The van der Waals surface area contributed by atoms with Crippen LogP contribution in [0.2, 0.25) is 10.0 Å². The lowest BCUT2D eigenvalue weighted by atomic mass is 10.2. The molecule has 3 rings (SSSR count). The molecule has 1 aliphatic heterocycles. The summed E-state index contributed by atoms with van der Waals surface area (Å²) in [5, 5.41) is 8.25. The summed E-state index contributed by atoms with van der Waals surface area (Å²) in [6, 6.07) is 11.5. The summed E-state index contributed by atoms with van der Waals surface area (Å²) in [5.41, 5.74) is 1.47. The SMILES string of the molecule is NS(=O)(=O)Oc1ccc(NC(=O)N2CCN(c3ccc(Cl)cc3)CC2)cc1Cl. The van der Waals surface area contributed by atoms with Gasteiger partial charge in [0.05, 0.1) is 5.02 Å². The predicted molar refractivity (Wildman–Crippen MR) is 109 cm³/mol. The number of anilines is 2. The summed E-state index contributed by atoms with van der Waals surface area (Å²) in [4.78, 5) is 16.3. The first-order chi connectivity index (χ1) is 13.2. The minimum atomic E-state index is -4.18. The fraction of sp³-hybridized carbons (Fsp3) is 0.235. The molecule has 1 aliphatic rings. The molecule has 28 heavy (non-hydrogen) atoms. The van der Waals surface area contributed by atoms with Gasteiger partial charge in [0.2, 0.25) is 0 Å². The third kappa shape index (κ3) is 5.41. The van der Waals surface area contributed by atoms with Gasteiger partial charge in [0.25, 0.3) is 0 Å². The molecule has 0 radical (unpaired) electrons. The molecule has 2 amide bonds. The Morgan fingerprint density at radius 3 is 2.25 bits per heavy atom. The van der Waals surface area contributed by atoms with E-state index in [1.807, 2.05) is 24.3 Å². The van der Waals surface area contributed by atoms with Crippen LogP contribution in [-0.2, 0) is 10.3 Å². The molecule has 3 N–H and O–H groups in total. The Morgan fingerprint density at radius 2 is 1.68 bits per heavy atom. The molecule has 8 nitrogen and oxygen atoms in total. The largest absolute Gasteiger partial charge is 0.380 e. The Morgan fingerprint density at radius 1 is 1.04 bits per heavy atom. The number of urea groups is 1. The van der Waals surface area contributed by atoms with E-state index in [1.165, 1.54) is 18.2 Å². The standard InChI is InChI=1S/C17H18Cl2N4O4S/c18-12-1-4-14(5-2-12)22-7-9-23(10-8-22)17(24)21-13-3-6-16(15(19)11-13)27-28(20,25)26/h1-6,11H,7-10H2,(H,21,24)(H2,20,25,26). The van der Waals surface area contributed by atoms with Crippen LogP contribution in [0.15, 0.2) is 42.5 Å². The molecule has 11 heteroatoms. The van der Waals surface area contributed by atoms with E-state index in [9.17, 15) is 13.2 Å². The monoisotopic (exact) mass is 444 g/mol. The van der Waals surface area contributed by atoms with Crippen LogP contribution in [0.5, 0.6) is 5.75 Å². The van der Waals surface area contributed by atoms with Crippen LogP contribution >= 0.6 is 23.2 Å². The van der Waals surface area contributed by atoms with Gasteiger partial charge in [-0.15, -0.1) is 0 Å². The summed E-state index contributed by atoms with van der Waals surface area (Å²) in [5.74, 6) is -0.112. The predicted octanol–water partition coefficient (Wildman–Crippen LogP) is 2.93. The van der Waals surface area contributed by atoms with Crippen molar-refractivity contribution in [3.8, 4) is 5.75 Å². The highest BCUT2D eigenvalue weighted by Gasteiger charge is 2.21. The fourth-order valence-electron chi connectivity index (χ4n) is 2.79. The summed E-state index contributed by atoms with van der Waals surface area (Å²) in [6.45, 7) is 2.48. The molecule has 0 spiro atoms. The van der Waals surface area contributed by atoms with Crippen LogP contribution < -0.4 is 19.5 Å². The minimum Gasteiger partial charge on any atom is -0.369 e. The molecule has 1 fully saturated rings. The summed E-state index contributed by atoms with van der Waals surface area (Å²) >= 11 is 11.9. The molecular formula is C17H18Cl2N4O4S. The molecule has 0 atom stereocenters. The zero-order valence-corrected chi connectivity index (χ0v) is 17.0. The van der Waals surface area contributed by atoms with Gasteiger partial charge in [-0.05, 0) is 42.5 Å². The number of hydrogen-bond donors (Lipinski definition) is 2. The molecule has 2 aromatic rings. The van der Waals surface area contributed by atoms with Gasteiger partial charge in [0, 0.05) is 42.6 Å². The maximum atomic E-state index is 12.5. The van der Waals surface area contributed by atoms with Crippen molar-refractivity contribution in [2.75, 3.05) is 36.4 Å². The molecular weight excluding hydrogens is 427 g/mol. The highest BCUT2D eigenvalue weighted by atomic mass is 35.5. The van der Waals surface area contributed by atoms with E-state index >= 15 is 0 Å². The Kier molecular flexibility index (Phi) is 6.19. The average Bonchev–Trinajstić information content (AvgIpc) is 2.64. The third-order valence-corrected chi connectivity index (χ3v) is 5.11. The van der Waals surface area contributed by atoms with Crippen molar-refractivity contribution < 1.29 is 17.4 Å². The Balaban J connectivity index is 1.57. The van der Waals surface area contributed by atoms with Crippen molar-refractivity contribution in [1.29, 1.82) is 0 Å². The second-order valence-electron chi connectivity index (χ2n) is 6.10.